The van der Waals surface area contributed by atoms with Gasteiger partial charge in [0.1, 0.15) is 0 Å². The van der Waals surface area contributed by atoms with Crippen molar-refractivity contribution in [3.05, 3.63) is 71.8 Å². The van der Waals surface area contributed by atoms with Crippen molar-refractivity contribution in [3.8, 4) is 0 Å². The molecule has 1 unspecified atom stereocenters. The Balaban J connectivity index is 1.53. The van der Waals surface area contributed by atoms with Crippen LogP contribution < -0.4 is 5.32 Å². The molecule has 0 aromatic heterocycles. The van der Waals surface area contributed by atoms with Crippen molar-refractivity contribution >= 4 is 17.7 Å². The van der Waals surface area contributed by atoms with Crippen molar-refractivity contribution in [2.75, 3.05) is 19.6 Å². The molecule has 1 atom stereocenters. The van der Waals surface area contributed by atoms with Crippen LogP contribution in [-0.4, -0.2) is 59.2 Å². The van der Waals surface area contributed by atoms with Crippen LogP contribution in [0.4, 0.5) is 0 Å². The van der Waals surface area contributed by atoms with E-state index in [4.69, 9.17) is 0 Å². The van der Waals surface area contributed by atoms with Crippen LogP contribution >= 0.6 is 0 Å². The van der Waals surface area contributed by atoms with Gasteiger partial charge in [0.05, 0.1) is 0 Å². The van der Waals surface area contributed by atoms with E-state index in [0.717, 1.165) is 19.3 Å². The molecule has 6 heteroatoms. The minimum atomic E-state index is -0.255. The Kier molecular flexibility index (Phi) is 8.42. The lowest BCUT2D eigenvalue weighted by Gasteiger charge is -2.39. The van der Waals surface area contributed by atoms with Crippen LogP contribution in [0.15, 0.2) is 60.7 Å². The number of piperidine rings is 1. The zero-order valence-electron chi connectivity index (χ0n) is 19.0. The molecule has 2 aromatic carbocycles. The first-order valence-corrected chi connectivity index (χ1v) is 11.5. The molecule has 6 nitrogen and oxygen atoms in total. The lowest BCUT2D eigenvalue weighted by molar-refractivity contribution is -0.134. The van der Waals surface area contributed by atoms with Crippen LogP contribution in [-0.2, 0) is 4.79 Å². The monoisotopic (exact) mass is 435 g/mol. The molecule has 1 N–H and O–H groups in total. The SMILES string of the molecule is CCCN(C(=O)CC(C)NC(=O)c1ccccc1)C1CCN(C(=O)c2ccccc2)CC1. The van der Waals surface area contributed by atoms with Gasteiger partial charge < -0.3 is 15.1 Å². The van der Waals surface area contributed by atoms with Crippen LogP contribution in [0.25, 0.3) is 0 Å². The number of rotatable bonds is 8. The molecule has 1 aliphatic rings. The van der Waals surface area contributed by atoms with Gasteiger partial charge in [-0.15, -0.1) is 0 Å². The van der Waals surface area contributed by atoms with Gasteiger partial charge in [-0.05, 0) is 50.5 Å². The number of likely N-dealkylation sites (tertiary alicyclic amines) is 1. The van der Waals surface area contributed by atoms with Gasteiger partial charge in [0.2, 0.25) is 5.91 Å². The maximum absolute atomic E-state index is 13.1. The van der Waals surface area contributed by atoms with Gasteiger partial charge in [0.15, 0.2) is 0 Å². The number of benzene rings is 2. The van der Waals surface area contributed by atoms with Crippen molar-refractivity contribution in [2.24, 2.45) is 0 Å². The highest BCUT2D eigenvalue weighted by Crippen LogP contribution is 2.20. The highest BCUT2D eigenvalue weighted by atomic mass is 16.2. The molecule has 3 rings (SSSR count). The van der Waals surface area contributed by atoms with Crippen molar-refractivity contribution in [1.82, 2.24) is 15.1 Å². The van der Waals surface area contributed by atoms with E-state index in [9.17, 15) is 14.4 Å². The lowest BCUT2D eigenvalue weighted by atomic mass is 10.0. The van der Waals surface area contributed by atoms with Gasteiger partial charge in [0, 0.05) is 49.3 Å². The largest absolute Gasteiger partial charge is 0.349 e. The summed E-state index contributed by atoms with van der Waals surface area (Å²) in [6.07, 6.45) is 2.69. The molecule has 0 spiro atoms. The summed E-state index contributed by atoms with van der Waals surface area (Å²) in [7, 11) is 0. The average Bonchev–Trinajstić information content (AvgIpc) is 2.83. The molecule has 1 saturated heterocycles. The molecule has 1 heterocycles. The normalized spacial score (nSPS) is 15.1. The number of nitrogens with one attached hydrogen (secondary N) is 1. The average molecular weight is 436 g/mol. The first-order valence-electron chi connectivity index (χ1n) is 11.5. The van der Waals surface area contributed by atoms with Gasteiger partial charge in [-0.25, -0.2) is 0 Å². The summed E-state index contributed by atoms with van der Waals surface area (Å²) in [6, 6.07) is 18.2. The fourth-order valence-electron chi connectivity index (χ4n) is 4.22. The molecular formula is C26H33N3O3. The Hall–Kier alpha value is -3.15. The minimum Gasteiger partial charge on any atom is -0.349 e. The third kappa shape index (κ3) is 6.19. The molecule has 0 radical (unpaired) electrons. The van der Waals surface area contributed by atoms with E-state index >= 15 is 0 Å². The predicted octanol–water partition coefficient (Wildman–Crippen LogP) is 3.74. The van der Waals surface area contributed by atoms with Crippen molar-refractivity contribution in [3.63, 3.8) is 0 Å². The third-order valence-corrected chi connectivity index (χ3v) is 5.89. The van der Waals surface area contributed by atoms with Crippen LogP contribution in [0.1, 0.15) is 60.2 Å². The standard InChI is InChI=1S/C26H33N3O3/c1-3-16-29(24(30)19-20(2)27-25(31)21-10-6-4-7-11-21)23-14-17-28(18-15-23)26(32)22-12-8-5-9-13-22/h4-13,20,23H,3,14-19H2,1-2H3,(H,27,31). The third-order valence-electron chi connectivity index (χ3n) is 5.89. The first kappa shape index (κ1) is 23.5. The van der Waals surface area contributed by atoms with E-state index in [2.05, 4.69) is 12.2 Å². The highest BCUT2D eigenvalue weighted by Gasteiger charge is 2.30. The Morgan fingerprint density at radius 2 is 1.53 bits per heavy atom. The Bertz CT molecular complexity index is 893. The molecule has 3 amide bonds. The molecule has 0 aliphatic carbocycles. The second kappa shape index (κ2) is 11.5. The number of amides is 3. The Morgan fingerprint density at radius 3 is 2.09 bits per heavy atom. The van der Waals surface area contributed by atoms with Gasteiger partial charge in [-0.1, -0.05) is 43.3 Å². The van der Waals surface area contributed by atoms with Crippen molar-refractivity contribution in [2.45, 2.75) is 51.6 Å². The number of nitrogens with zero attached hydrogens (tertiary/aromatic N) is 2. The molecule has 32 heavy (non-hydrogen) atoms. The van der Waals surface area contributed by atoms with E-state index in [1.807, 2.05) is 65.3 Å². The molecular weight excluding hydrogens is 402 g/mol. The smallest absolute Gasteiger partial charge is 0.253 e. The summed E-state index contributed by atoms with van der Waals surface area (Å²) in [5, 5.41) is 2.93. The van der Waals surface area contributed by atoms with Gasteiger partial charge in [-0.2, -0.15) is 0 Å². The van der Waals surface area contributed by atoms with Gasteiger partial charge >= 0.3 is 0 Å². The lowest BCUT2D eigenvalue weighted by Crippen LogP contribution is -2.50. The maximum atomic E-state index is 13.1. The summed E-state index contributed by atoms with van der Waals surface area (Å²) in [5.41, 5.74) is 1.29. The zero-order chi connectivity index (χ0) is 22.9. The molecule has 170 valence electrons. The Morgan fingerprint density at radius 1 is 0.969 bits per heavy atom. The van der Waals surface area contributed by atoms with E-state index in [0.29, 0.717) is 30.8 Å². The van der Waals surface area contributed by atoms with E-state index in [1.165, 1.54) is 0 Å². The van der Waals surface area contributed by atoms with Gasteiger partial charge in [-0.3, -0.25) is 14.4 Å². The molecule has 0 bridgehead atoms. The van der Waals surface area contributed by atoms with Gasteiger partial charge in [0.25, 0.3) is 11.8 Å². The van der Waals surface area contributed by atoms with Crippen molar-refractivity contribution in [1.29, 1.82) is 0 Å². The summed E-state index contributed by atoms with van der Waals surface area (Å²) in [6.45, 7) is 5.91. The highest BCUT2D eigenvalue weighted by molar-refractivity contribution is 5.95. The summed E-state index contributed by atoms with van der Waals surface area (Å²) >= 11 is 0. The maximum Gasteiger partial charge on any atom is 0.253 e. The van der Waals surface area contributed by atoms with Crippen molar-refractivity contribution < 1.29 is 14.4 Å². The first-order chi connectivity index (χ1) is 15.5. The second-order valence-corrected chi connectivity index (χ2v) is 8.42. The molecule has 1 fully saturated rings. The topological polar surface area (TPSA) is 69.7 Å². The van der Waals surface area contributed by atoms with Crippen LogP contribution in [0.5, 0.6) is 0 Å². The molecule has 0 saturated carbocycles. The fourth-order valence-corrected chi connectivity index (χ4v) is 4.22. The summed E-state index contributed by atoms with van der Waals surface area (Å²) in [5.74, 6) is -0.0594. The van der Waals surface area contributed by atoms with Crippen LogP contribution in [0.3, 0.4) is 0 Å². The minimum absolute atomic E-state index is 0.0506. The molecule has 1 aliphatic heterocycles. The number of hydrogen-bond donors (Lipinski definition) is 1. The quantitative estimate of drug-likeness (QED) is 0.687. The number of carbonyl (C=O) groups excluding carboxylic acids is 3. The van der Waals surface area contributed by atoms with Crippen LogP contribution in [0.2, 0.25) is 0 Å². The predicted molar refractivity (Wildman–Crippen MR) is 125 cm³/mol. The molecule has 2 aromatic rings. The fraction of sp³-hybridized carbons (Fsp3) is 0.423. The van der Waals surface area contributed by atoms with E-state index in [-0.39, 0.29) is 36.2 Å². The summed E-state index contributed by atoms with van der Waals surface area (Å²) < 4.78 is 0. The van der Waals surface area contributed by atoms with Crippen LogP contribution in [0, 0.1) is 0 Å². The number of hydrogen-bond acceptors (Lipinski definition) is 3. The van der Waals surface area contributed by atoms with E-state index < -0.39 is 0 Å². The second-order valence-electron chi connectivity index (χ2n) is 8.42. The zero-order valence-corrected chi connectivity index (χ0v) is 19.0. The van der Waals surface area contributed by atoms with E-state index in [1.54, 1.807) is 12.1 Å². The number of carbonyl (C=O) groups is 3. The Labute approximate surface area is 190 Å². The summed E-state index contributed by atoms with van der Waals surface area (Å²) in [4.78, 5) is 42.0.